The van der Waals surface area contributed by atoms with E-state index in [-0.39, 0.29) is 18.9 Å². The number of nitrogens with one attached hydrogen (secondary N) is 2. The van der Waals surface area contributed by atoms with Crippen LogP contribution in [0.4, 0.5) is 11.4 Å². The summed E-state index contributed by atoms with van der Waals surface area (Å²) in [4.78, 5) is 29.3. The van der Waals surface area contributed by atoms with Crippen molar-refractivity contribution in [3.63, 3.8) is 0 Å². The molecule has 7 nitrogen and oxygen atoms in total. The predicted octanol–water partition coefficient (Wildman–Crippen LogP) is 4.26. The number of nitrogens with two attached hydrogens (primary N) is 1. The Morgan fingerprint density at radius 1 is 0.839 bits per heavy atom. The molecule has 0 aromatic heterocycles. The highest BCUT2D eigenvalue weighted by Crippen LogP contribution is 2.27. The molecule has 3 aromatic carbocycles. The fourth-order valence-corrected chi connectivity index (χ4v) is 2.96. The van der Waals surface area contributed by atoms with Crippen LogP contribution in [0.15, 0.2) is 84.0 Å². The van der Waals surface area contributed by atoms with E-state index in [4.69, 9.17) is 22.2 Å². The normalized spacial score (nSPS) is 10.9. The van der Waals surface area contributed by atoms with Crippen molar-refractivity contribution in [2.75, 3.05) is 17.2 Å². The van der Waals surface area contributed by atoms with Gasteiger partial charge in [-0.05, 0) is 23.8 Å². The number of benzene rings is 3. The van der Waals surface area contributed by atoms with E-state index in [0.29, 0.717) is 16.4 Å². The average Bonchev–Trinajstić information content (AvgIpc) is 2.76. The summed E-state index contributed by atoms with van der Waals surface area (Å²) >= 11 is 5.99. The molecule has 3 rings (SSSR count). The van der Waals surface area contributed by atoms with Gasteiger partial charge in [-0.3, -0.25) is 9.59 Å². The molecule has 158 valence electrons. The second-order valence-electron chi connectivity index (χ2n) is 6.52. The van der Waals surface area contributed by atoms with Gasteiger partial charge in [0.15, 0.2) is 6.61 Å². The Morgan fingerprint density at radius 3 is 2.19 bits per heavy atom. The topological polar surface area (TPSA) is 106 Å². The minimum Gasteiger partial charge on any atom is -0.384 e. The number of oxime groups is 1. The number of nitrogens with zero attached hydrogens (tertiary/aromatic N) is 1. The first-order valence-corrected chi connectivity index (χ1v) is 9.83. The number of carbonyl (C=O) groups excluding carboxylic acids is 2. The van der Waals surface area contributed by atoms with Crippen LogP contribution in [0.3, 0.4) is 0 Å². The van der Waals surface area contributed by atoms with E-state index in [1.807, 2.05) is 48.5 Å². The van der Waals surface area contributed by atoms with Crippen molar-refractivity contribution < 1.29 is 14.4 Å². The molecule has 31 heavy (non-hydrogen) atoms. The SMILES string of the molecule is N/C(CC(=O)Nc1ccccc1Cl)=N/OCC(=O)Nc1ccccc1-c1ccccc1. The second-order valence-corrected chi connectivity index (χ2v) is 6.93. The van der Waals surface area contributed by atoms with E-state index in [2.05, 4.69) is 15.8 Å². The van der Waals surface area contributed by atoms with Gasteiger partial charge in [0, 0.05) is 11.3 Å². The van der Waals surface area contributed by atoms with Gasteiger partial charge in [0.2, 0.25) is 5.91 Å². The summed E-state index contributed by atoms with van der Waals surface area (Å²) in [6.45, 7) is -0.351. The molecule has 0 fully saturated rings. The van der Waals surface area contributed by atoms with E-state index in [1.165, 1.54) is 0 Å². The monoisotopic (exact) mass is 436 g/mol. The fourth-order valence-electron chi connectivity index (χ4n) is 2.78. The Labute approximate surface area is 184 Å². The minimum absolute atomic E-state index is 0.0676. The van der Waals surface area contributed by atoms with E-state index in [9.17, 15) is 9.59 Å². The molecule has 0 heterocycles. The molecule has 0 radical (unpaired) electrons. The number of hydrogen-bond acceptors (Lipinski definition) is 4. The van der Waals surface area contributed by atoms with Gasteiger partial charge in [0.1, 0.15) is 5.84 Å². The van der Waals surface area contributed by atoms with E-state index >= 15 is 0 Å². The zero-order chi connectivity index (χ0) is 22.1. The van der Waals surface area contributed by atoms with E-state index < -0.39 is 11.8 Å². The fraction of sp³-hybridized carbons (Fsp3) is 0.0870. The van der Waals surface area contributed by atoms with Crippen LogP contribution >= 0.6 is 11.6 Å². The van der Waals surface area contributed by atoms with Crippen molar-refractivity contribution >= 4 is 40.6 Å². The van der Waals surface area contributed by atoms with Crippen LogP contribution in [-0.2, 0) is 14.4 Å². The summed E-state index contributed by atoms with van der Waals surface area (Å²) in [6, 6.07) is 24.0. The number of rotatable bonds is 8. The summed E-state index contributed by atoms with van der Waals surface area (Å²) in [5.41, 5.74) is 8.69. The Kier molecular flexibility index (Phi) is 7.61. The number of anilines is 2. The first-order chi connectivity index (χ1) is 15.0. The van der Waals surface area contributed by atoms with Gasteiger partial charge in [0.25, 0.3) is 5.91 Å². The Hall–Kier alpha value is -3.84. The van der Waals surface area contributed by atoms with Crippen molar-refractivity contribution in [1.82, 2.24) is 0 Å². The molecule has 0 aliphatic carbocycles. The number of amidine groups is 1. The highest BCUT2D eigenvalue weighted by molar-refractivity contribution is 6.33. The number of carbonyl (C=O) groups is 2. The van der Waals surface area contributed by atoms with Crippen molar-refractivity contribution in [1.29, 1.82) is 0 Å². The third-order valence-corrected chi connectivity index (χ3v) is 4.48. The molecule has 0 atom stereocenters. The first-order valence-electron chi connectivity index (χ1n) is 9.46. The molecule has 0 aliphatic heterocycles. The van der Waals surface area contributed by atoms with Crippen molar-refractivity contribution in [2.24, 2.45) is 10.9 Å². The summed E-state index contributed by atoms with van der Waals surface area (Å²) in [7, 11) is 0. The van der Waals surface area contributed by atoms with Crippen LogP contribution < -0.4 is 16.4 Å². The highest BCUT2D eigenvalue weighted by Gasteiger charge is 2.10. The molecule has 0 saturated heterocycles. The largest absolute Gasteiger partial charge is 0.384 e. The van der Waals surface area contributed by atoms with Gasteiger partial charge in [-0.2, -0.15) is 0 Å². The summed E-state index contributed by atoms with van der Waals surface area (Å²) in [5.74, 6) is -0.873. The Morgan fingerprint density at radius 2 is 1.45 bits per heavy atom. The highest BCUT2D eigenvalue weighted by atomic mass is 35.5. The first kappa shape index (κ1) is 21.9. The van der Waals surface area contributed by atoms with Crippen LogP contribution in [0.25, 0.3) is 11.1 Å². The predicted molar refractivity (Wildman–Crippen MR) is 123 cm³/mol. The average molecular weight is 437 g/mol. The molecule has 0 aliphatic rings. The molecule has 0 unspecified atom stereocenters. The van der Waals surface area contributed by atoms with E-state index in [1.54, 1.807) is 30.3 Å². The lowest BCUT2D eigenvalue weighted by Gasteiger charge is -2.11. The molecule has 4 N–H and O–H groups in total. The lowest BCUT2D eigenvalue weighted by molar-refractivity contribution is -0.120. The van der Waals surface area contributed by atoms with Crippen LogP contribution in [-0.4, -0.2) is 24.3 Å². The third-order valence-electron chi connectivity index (χ3n) is 4.15. The molecular weight excluding hydrogens is 416 g/mol. The van der Waals surface area contributed by atoms with Gasteiger partial charge in [-0.25, -0.2) is 0 Å². The lowest BCUT2D eigenvalue weighted by atomic mass is 10.0. The van der Waals surface area contributed by atoms with Crippen molar-refractivity contribution in [3.8, 4) is 11.1 Å². The maximum atomic E-state index is 12.2. The zero-order valence-corrected chi connectivity index (χ0v) is 17.3. The number of amides is 2. The second kappa shape index (κ2) is 10.8. The standard InChI is InChI=1S/C23H21ClN4O3/c24-18-11-5-7-13-20(18)27-22(29)14-21(25)28-31-15-23(30)26-19-12-6-4-10-17(19)16-8-2-1-3-9-16/h1-13H,14-15H2,(H2,25,28)(H,26,30)(H,27,29). The minimum atomic E-state index is -0.404. The quantitative estimate of drug-likeness (QED) is 0.278. The lowest BCUT2D eigenvalue weighted by Crippen LogP contribution is -2.23. The molecular formula is C23H21ClN4O3. The molecule has 8 heteroatoms. The molecule has 3 aromatic rings. The number of hydrogen-bond donors (Lipinski definition) is 3. The van der Waals surface area contributed by atoms with Gasteiger partial charge in [-0.15, -0.1) is 0 Å². The van der Waals surface area contributed by atoms with Crippen LogP contribution in [0.2, 0.25) is 5.02 Å². The van der Waals surface area contributed by atoms with Gasteiger partial charge >= 0.3 is 0 Å². The van der Waals surface area contributed by atoms with Crippen molar-refractivity contribution in [2.45, 2.75) is 6.42 Å². The molecule has 0 saturated carbocycles. The smallest absolute Gasteiger partial charge is 0.265 e. The van der Waals surface area contributed by atoms with Crippen molar-refractivity contribution in [3.05, 3.63) is 83.9 Å². The Bertz CT molecular complexity index is 1090. The maximum absolute atomic E-state index is 12.2. The third kappa shape index (κ3) is 6.58. The van der Waals surface area contributed by atoms with Gasteiger partial charge in [0.05, 0.1) is 17.1 Å². The van der Waals surface area contributed by atoms with Gasteiger partial charge < -0.3 is 21.2 Å². The van der Waals surface area contributed by atoms with Gasteiger partial charge in [-0.1, -0.05) is 77.4 Å². The number of halogens is 1. The Balaban J connectivity index is 1.50. The summed E-state index contributed by atoms with van der Waals surface area (Å²) in [5, 5.41) is 9.46. The summed E-state index contributed by atoms with van der Waals surface area (Å²) in [6.07, 6.45) is -0.205. The van der Waals surface area contributed by atoms with Crippen LogP contribution in [0.1, 0.15) is 6.42 Å². The number of para-hydroxylation sites is 2. The van der Waals surface area contributed by atoms with E-state index in [0.717, 1.165) is 11.1 Å². The molecule has 0 bridgehead atoms. The molecule has 0 spiro atoms. The van der Waals surface area contributed by atoms with Crippen LogP contribution in [0, 0.1) is 0 Å². The molecule has 2 amide bonds. The summed E-state index contributed by atoms with van der Waals surface area (Å²) < 4.78 is 0. The maximum Gasteiger partial charge on any atom is 0.265 e. The van der Waals surface area contributed by atoms with Crippen LogP contribution in [0.5, 0.6) is 0 Å². The zero-order valence-electron chi connectivity index (χ0n) is 16.5.